The molecule has 0 aliphatic carbocycles. The molecule has 3 rings (SSSR count). The van der Waals surface area contributed by atoms with E-state index in [9.17, 15) is 4.79 Å². The van der Waals surface area contributed by atoms with Gasteiger partial charge in [0.05, 0.1) is 0 Å². The van der Waals surface area contributed by atoms with E-state index < -0.39 is 0 Å². The fourth-order valence-electron chi connectivity index (χ4n) is 2.50. The number of rotatable bonds is 3. The van der Waals surface area contributed by atoms with Crippen LogP contribution < -0.4 is 10.6 Å². The molecule has 0 atom stereocenters. The molecule has 1 aliphatic heterocycles. The predicted molar refractivity (Wildman–Crippen MR) is 72.6 cm³/mol. The molecule has 1 aliphatic rings. The zero-order chi connectivity index (χ0) is 13.9. The molecule has 2 aromatic rings. The number of carbonyl (C=O) groups is 1. The number of aromatic nitrogens is 3. The molecule has 0 saturated carbocycles. The molecule has 3 heterocycles. The normalized spacial score (nSPS) is 16.2. The van der Waals surface area contributed by atoms with Gasteiger partial charge in [0.25, 0.3) is 5.91 Å². The van der Waals surface area contributed by atoms with Crippen molar-refractivity contribution in [3.05, 3.63) is 29.8 Å². The van der Waals surface area contributed by atoms with Crippen molar-refractivity contribution in [3.8, 4) is 0 Å². The first kappa shape index (κ1) is 12.9. The van der Waals surface area contributed by atoms with Crippen molar-refractivity contribution in [2.75, 3.05) is 18.4 Å². The third-order valence-corrected chi connectivity index (χ3v) is 3.46. The Morgan fingerprint density at radius 2 is 2.30 bits per heavy atom. The summed E-state index contributed by atoms with van der Waals surface area (Å²) in [7, 11) is 0. The smallest absolute Gasteiger partial charge is 0.328 e. The summed E-state index contributed by atoms with van der Waals surface area (Å²) in [4.78, 5) is 16.2. The van der Waals surface area contributed by atoms with Crippen LogP contribution in [0.15, 0.2) is 22.9 Å². The minimum atomic E-state index is -0.225. The Balaban J connectivity index is 1.76. The van der Waals surface area contributed by atoms with Gasteiger partial charge in [-0.3, -0.25) is 10.1 Å². The average molecular weight is 275 g/mol. The molecule has 0 bridgehead atoms. The average Bonchev–Trinajstić information content (AvgIpc) is 3.09. The second-order valence-corrected chi connectivity index (χ2v) is 4.88. The van der Waals surface area contributed by atoms with Gasteiger partial charge in [0, 0.05) is 12.2 Å². The first-order chi connectivity index (χ1) is 9.74. The molecule has 0 unspecified atom stereocenters. The van der Waals surface area contributed by atoms with Crippen LogP contribution in [0.4, 0.5) is 6.01 Å². The number of aryl methyl sites for hydroxylation is 1. The van der Waals surface area contributed by atoms with Crippen LogP contribution in [0, 0.1) is 6.92 Å². The van der Waals surface area contributed by atoms with Gasteiger partial charge in [-0.2, -0.15) is 4.98 Å². The molecule has 20 heavy (non-hydrogen) atoms. The lowest BCUT2D eigenvalue weighted by atomic mass is 10.1. The largest absolute Gasteiger partial charge is 0.340 e. The van der Waals surface area contributed by atoms with Crippen LogP contribution in [0.2, 0.25) is 0 Å². The molecule has 7 nitrogen and oxygen atoms in total. The van der Waals surface area contributed by atoms with Gasteiger partial charge in [-0.25, -0.2) is 0 Å². The van der Waals surface area contributed by atoms with E-state index in [0.29, 0.717) is 17.6 Å². The van der Waals surface area contributed by atoms with Gasteiger partial charge in [0.1, 0.15) is 5.69 Å². The Morgan fingerprint density at radius 3 is 3.00 bits per heavy atom. The molecule has 7 heteroatoms. The number of hydrogen-bond donors (Lipinski definition) is 2. The molecule has 0 radical (unpaired) electrons. The zero-order valence-corrected chi connectivity index (χ0v) is 11.3. The van der Waals surface area contributed by atoms with E-state index in [1.807, 2.05) is 16.8 Å². The molecule has 2 aromatic heterocycles. The number of nitrogens with one attached hydrogen (secondary N) is 2. The summed E-state index contributed by atoms with van der Waals surface area (Å²) in [5.74, 6) is 0.270. The van der Waals surface area contributed by atoms with Crippen molar-refractivity contribution in [2.24, 2.45) is 0 Å². The van der Waals surface area contributed by atoms with E-state index in [1.54, 1.807) is 13.0 Å². The Labute approximate surface area is 116 Å². The van der Waals surface area contributed by atoms with E-state index in [4.69, 9.17) is 4.52 Å². The standard InChI is InChI=1S/C13H17N5O2/c1-9-15-13(20-17-9)16-12(19)11-3-2-8-18(11)10-4-6-14-7-5-10/h2-3,8,10,14H,4-7H2,1H3,(H,15,16,17,19). The highest BCUT2D eigenvalue weighted by Gasteiger charge is 2.20. The van der Waals surface area contributed by atoms with Gasteiger partial charge in [0.15, 0.2) is 5.82 Å². The molecule has 0 spiro atoms. The maximum atomic E-state index is 12.3. The SMILES string of the molecule is Cc1noc(NC(=O)c2cccn2C2CCNCC2)n1. The monoisotopic (exact) mass is 275 g/mol. The van der Waals surface area contributed by atoms with Crippen molar-refractivity contribution >= 4 is 11.9 Å². The van der Waals surface area contributed by atoms with Crippen LogP contribution in [0.3, 0.4) is 0 Å². The third-order valence-electron chi connectivity index (χ3n) is 3.46. The van der Waals surface area contributed by atoms with E-state index >= 15 is 0 Å². The van der Waals surface area contributed by atoms with E-state index in [1.165, 1.54) is 0 Å². The molecule has 1 fully saturated rings. The van der Waals surface area contributed by atoms with E-state index in [-0.39, 0.29) is 11.9 Å². The molecule has 106 valence electrons. The lowest BCUT2D eigenvalue weighted by Gasteiger charge is -2.25. The topological polar surface area (TPSA) is 85.0 Å². The number of nitrogens with zero attached hydrogens (tertiary/aromatic N) is 3. The van der Waals surface area contributed by atoms with Crippen LogP contribution in [-0.2, 0) is 0 Å². The molecular formula is C13H17N5O2. The van der Waals surface area contributed by atoms with Gasteiger partial charge in [-0.15, -0.1) is 0 Å². The lowest BCUT2D eigenvalue weighted by molar-refractivity contribution is 0.101. The van der Waals surface area contributed by atoms with Gasteiger partial charge < -0.3 is 14.4 Å². The van der Waals surface area contributed by atoms with Gasteiger partial charge in [-0.1, -0.05) is 5.16 Å². The Kier molecular flexibility index (Phi) is 3.51. The highest BCUT2D eigenvalue weighted by Crippen LogP contribution is 2.21. The number of anilines is 1. The Hall–Kier alpha value is -2.15. The number of amides is 1. The minimum absolute atomic E-state index is 0.130. The van der Waals surface area contributed by atoms with Crippen molar-refractivity contribution < 1.29 is 9.32 Å². The molecular weight excluding hydrogens is 258 g/mol. The summed E-state index contributed by atoms with van der Waals surface area (Å²) in [6, 6.07) is 4.18. The van der Waals surface area contributed by atoms with E-state index in [2.05, 4.69) is 20.8 Å². The van der Waals surface area contributed by atoms with Crippen molar-refractivity contribution in [2.45, 2.75) is 25.8 Å². The van der Waals surface area contributed by atoms with Crippen LogP contribution in [0.1, 0.15) is 35.2 Å². The Bertz CT molecular complexity index is 597. The molecule has 1 amide bonds. The summed E-state index contributed by atoms with van der Waals surface area (Å²) in [5, 5.41) is 9.60. The Morgan fingerprint density at radius 1 is 1.50 bits per heavy atom. The van der Waals surface area contributed by atoms with Crippen molar-refractivity contribution in [1.29, 1.82) is 0 Å². The summed E-state index contributed by atoms with van der Waals surface area (Å²) >= 11 is 0. The maximum absolute atomic E-state index is 12.3. The second-order valence-electron chi connectivity index (χ2n) is 4.88. The summed E-state index contributed by atoms with van der Waals surface area (Å²) in [6.07, 6.45) is 3.99. The van der Waals surface area contributed by atoms with Crippen LogP contribution in [0.25, 0.3) is 0 Å². The second kappa shape index (κ2) is 5.46. The summed E-state index contributed by atoms with van der Waals surface area (Å²) in [6.45, 7) is 3.66. The van der Waals surface area contributed by atoms with Crippen LogP contribution in [0.5, 0.6) is 0 Å². The maximum Gasteiger partial charge on any atom is 0.328 e. The van der Waals surface area contributed by atoms with Crippen molar-refractivity contribution in [3.63, 3.8) is 0 Å². The van der Waals surface area contributed by atoms with Crippen LogP contribution >= 0.6 is 0 Å². The number of carbonyl (C=O) groups excluding carboxylic acids is 1. The fraction of sp³-hybridized carbons (Fsp3) is 0.462. The number of hydrogen-bond acceptors (Lipinski definition) is 5. The van der Waals surface area contributed by atoms with Gasteiger partial charge >= 0.3 is 6.01 Å². The molecule has 2 N–H and O–H groups in total. The summed E-state index contributed by atoms with van der Waals surface area (Å²) in [5.41, 5.74) is 0.618. The molecule has 0 aromatic carbocycles. The fourth-order valence-corrected chi connectivity index (χ4v) is 2.50. The highest BCUT2D eigenvalue weighted by molar-refractivity contribution is 6.02. The molecule has 1 saturated heterocycles. The summed E-state index contributed by atoms with van der Waals surface area (Å²) < 4.78 is 6.93. The first-order valence-corrected chi connectivity index (χ1v) is 6.73. The van der Waals surface area contributed by atoms with Crippen molar-refractivity contribution in [1.82, 2.24) is 20.0 Å². The number of piperidine rings is 1. The predicted octanol–water partition coefficient (Wildman–Crippen LogP) is 1.36. The quantitative estimate of drug-likeness (QED) is 0.883. The third kappa shape index (κ3) is 2.57. The first-order valence-electron chi connectivity index (χ1n) is 6.73. The lowest BCUT2D eigenvalue weighted by Crippen LogP contribution is -2.31. The van der Waals surface area contributed by atoms with Crippen LogP contribution in [-0.4, -0.2) is 33.7 Å². The van der Waals surface area contributed by atoms with Gasteiger partial charge in [-0.05, 0) is 45.0 Å². The van der Waals surface area contributed by atoms with E-state index in [0.717, 1.165) is 25.9 Å². The zero-order valence-electron chi connectivity index (χ0n) is 11.3. The minimum Gasteiger partial charge on any atom is -0.340 e. The highest BCUT2D eigenvalue weighted by atomic mass is 16.5. The van der Waals surface area contributed by atoms with Gasteiger partial charge in [0.2, 0.25) is 0 Å².